The van der Waals surface area contributed by atoms with Gasteiger partial charge in [-0.15, -0.1) is 0 Å². The van der Waals surface area contributed by atoms with Crippen molar-refractivity contribution in [2.45, 2.75) is 6.92 Å². The number of H-pyrrole nitrogens is 1. The third-order valence-corrected chi connectivity index (χ3v) is 3.69. The summed E-state index contributed by atoms with van der Waals surface area (Å²) in [5.41, 5.74) is 2.96. The highest BCUT2D eigenvalue weighted by atomic mass is 32.1. The Morgan fingerprint density at radius 2 is 2.00 bits per heavy atom. The van der Waals surface area contributed by atoms with Gasteiger partial charge in [0.25, 0.3) is 0 Å². The number of aromatic nitrogens is 3. The molecule has 0 fully saturated rings. The van der Waals surface area contributed by atoms with Gasteiger partial charge in [0.05, 0.1) is 13.3 Å². The molecule has 0 spiro atoms. The van der Waals surface area contributed by atoms with Gasteiger partial charge in [-0.05, 0) is 48.5 Å². The molecule has 6 heteroatoms. The number of hydrogen-bond acceptors (Lipinski definition) is 4. The molecule has 0 amide bonds. The first kappa shape index (κ1) is 15.2. The third kappa shape index (κ3) is 3.22. The minimum absolute atomic E-state index is 0.449. The quantitative estimate of drug-likeness (QED) is 0.586. The molecule has 5 nitrogen and oxygen atoms in total. The summed E-state index contributed by atoms with van der Waals surface area (Å²) in [5.74, 6) is 1.53. The zero-order chi connectivity index (χ0) is 16.2. The van der Waals surface area contributed by atoms with Crippen molar-refractivity contribution in [2.75, 3.05) is 7.11 Å². The minimum Gasteiger partial charge on any atom is -0.496 e. The molecule has 2 aromatic carbocycles. The Bertz CT molecular complexity index is 896. The van der Waals surface area contributed by atoms with Crippen LogP contribution in [0.15, 0.2) is 53.6 Å². The van der Waals surface area contributed by atoms with Gasteiger partial charge in [0, 0.05) is 5.56 Å². The normalized spacial score (nSPS) is 11.0. The molecular weight excluding hydrogens is 308 g/mol. The summed E-state index contributed by atoms with van der Waals surface area (Å²) < 4.78 is 7.33. The Balaban J connectivity index is 1.96. The van der Waals surface area contributed by atoms with Crippen molar-refractivity contribution >= 4 is 18.4 Å². The number of aryl methyl sites for hydroxylation is 1. The molecule has 0 atom stereocenters. The van der Waals surface area contributed by atoms with E-state index in [1.165, 1.54) is 0 Å². The number of benzene rings is 2. The number of nitrogens with one attached hydrogen (secondary N) is 1. The summed E-state index contributed by atoms with van der Waals surface area (Å²) in [5, 5.41) is 11.5. The van der Waals surface area contributed by atoms with Crippen molar-refractivity contribution in [1.82, 2.24) is 14.9 Å². The number of ether oxygens (including phenoxy) is 1. The van der Waals surface area contributed by atoms with Gasteiger partial charge in [0.15, 0.2) is 5.82 Å². The standard InChI is InChI=1S/C17H16N4OS/c1-12-10-13(8-9-15(12)22-2)11-18-21-16(19-20-17(21)23)14-6-4-3-5-7-14/h3-11H,1-2H3,(H,20,23). The average Bonchev–Trinajstić information content (AvgIpc) is 2.94. The lowest BCUT2D eigenvalue weighted by molar-refractivity contribution is 0.411. The Morgan fingerprint density at radius 3 is 2.70 bits per heavy atom. The van der Waals surface area contributed by atoms with Gasteiger partial charge in [-0.3, -0.25) is 0 Å². The zero-order valence-corrected chi connectivity index (χ0v) is 13.7. The van der Waals surface area contributed by atoms with Crippen LogP contribution in [-0.4, -0.2) is 28.2 Å². The first-order valence-corrected chi connectivity index (χ1v) is 7.51. The highest BCUT2D eigenvalue weighted by Gasteiger charge is 2.07. The van der Waals surface area contributed by atoms with Crippen molar-refractivity contribution in [3.05, 3.63) is 64.4 Å². The van der Waals surface area contributed by atoms with E-state index in [-0.39, 0.29) is 0 Å². The highest BCUT2D eigenvalue weighted by molar-refractivity contribution is 7.71. The van der Waals surface area contributed by atoms with Gasteiger partial charge in [-0.2, -0.15) is 14.9 Å². The van der Waals surface area contributed by atoms with Crippen LogP contribution in [0.1, 0.15) is 11.1 Å². The lowest BCUT2D eigenvalue weighted by atomic mass is 10.1. The van der Waals surface area contributed by atoms with E-state index in [9.17, 15) is 0 Å². The highest BCUT2D eigenvalue weighted by Crippen LogP contribution is 2.19. The van der Waals surface area contributed by atoms with E-state index < -0.39 is 0 Å². The number of methoxy groups -OCH3 is 1. The maximum absolute atomic E-state index is 5.27. The molecule has 1 aromatic heterocycles. The number of aromatic amines is 1. The van der Waals surface area contributed by atoms with Crippen LogP contribution >= 0.6 is 12.2 Å². The second-order valence-corrected chi connectivity index (χ2v) is 5.39. The Morgan fingerprint density at radius 1 is 1.22 bits per heavy atom. The summed E-state index contributed by atoms with van der Waals surface area (Å²) in [6.07, 6.45) is 1.75. The van der Waals surface area contributed by atoms with E-state index in [1.54, 1.807) is 18.0 Å². The van der Waals surface area contributed by atoms with Crippen LogP contribution in [0.2, 0.25) is 0 Å². The maximum Gasteiger partial charge on any atom is 0.216 e. The second-order valence-electron chi connectivity index (χ2n) is 5.00. The number of nitrogens with zero attached hydrogens (tertiary/aromatic N) is 3. The molecule has 0 saturated heterocycles. The fraction of sp³-hybridized carbons (Fsp3) is 0.118. The molecule has 1 heterocycles. The van der Waals surface area contributed by atoms with Crippen molar-refractivity contribution < 1.29 is 4.74 Å². The van der Waals surface area contributed by atoms with Gasteiger partial charge in [-0.25, -0.2) is 5.10 Å². The van der Waals surface area contributed by atoms with Crippen LogP contribution < -0.4 is 4.74 Å². The van der Waals surface area contributed by atoms with Crippen molar-refractivity contribution in [3.63, 3.8) is 0 Å². The van der Waals surface area contributed by atoms with Crippen LogP contribution in [0.5, 0.6) is 5.75 Å². The first-order chi connectivity index (χ1) is 11.2. The molecular formula is C17H16N4OS. The van der Waals surface area contributed by atoms with E-state index in [1.807, 2.05) is 55.5 Å². The molecule has 1 N–H and O–H groups in total. The topological polar surface area (TPSA) is 55.2 Å². The van der Waals surface area contributed by atoms with Gasteiger partial charge < -0.3 is 4.74 Å². The van der Waals surface area contributed by atoms with Gasteiger partial charge >= 0.3 is 0 Å². The SMILES string of the molecule is COc1ccc(C=Nn2c(-c3ccccc3)n[nH]c2=S)cc1C. The molecule has 23 heavy (non-hydrogen) atoms. The molecule has 0 aliphatic rings. The first-order valence-electron chi connectivity index (χ1n) is 7.11. The molecule has 0 saturated carbocycles. The molecule has 0 aliphatic carbocycles. The van der Waals surface area contributed by atoms with Gasteiger partial charge in [-0.1, -0.05) is 30.3 Å². The molecule has 3 rings (SSSR count). The van der Waals surface area contributed by atoms with Crippen molar-refractivity contribution in [3.8, 4) is 17.1 Å². The predicted molar refractivity (Wildman–Crippen MR) is 93.6 cm³/mol. The van der Waals surface area contributed by atoms with E-state index in [4.69, 9.17) is 17.0 Å². The van der Waals surface area contributed by atoms with Gasteiger partial charge in [0.1, 0.15) is 5.75 Å². The fourth-order valence-corrected chi connectivity index (χ4v) is 2.46. The number of hydrogen-bond donors (Lipinski definition) is 1. The van der Waals surface area contributed by atoms with Crippen LogP contribution in [0.4, 0.5) is 0 Å². The van der Waals surface area contributed by atoms with Gasteiger partial charge in [0.2, 0.25) is 4.77 Å². The second kappa shape index (κ2) is 6.58. The number of rotatable bonds is 4. The maximum atomic E-state index is 5.27. The van der Waals surface area contributed by atoms with E-state index in [2.05, 4.69) is 15.3 Å². The van der Waals surface area contributed by atoms with E-state index >= 15 is 0 Å². The lowest BCUT2D eigenvalue weighted by Crippen LogP contribution is -1.95. The smallest absolute Gasteiger partial charge is 0.216 e. The summed E-state index contributed by atoms with van der Waals surface area (Å²) in [7, 11) is 1.66. The summed E-state index contributed by atoms with van der Waals surface area (Å²) in [6, 6.07) is 15.7. The average molecular weight is 324 g/mol. The minimum atomic E-state index is 0.449. The van der Waals surface area contributed by atoms with Crippen molar-refractivity contribution in [1.29, 1.82) is 0 Å². The summed E-state index contributed by atoms with van der Waals surface area (Å²) in [6.45, 7) is 2.00. The molecule has 116 valence electrons. The van der Waals surface area contributed by atoms with E-state index in [0.717, 1.165) is 22.4 Å². The Hall–Kier alpha value is -2.73. The Kier molecular flexibility index (Phi) is 4.34. The molecule has 0 radical (unpaired) electrons. The third-order valence-electron chi connectivity index (χ3n) is 3.42. The lowest BCUT2D eigenvalue weighted by Gasteiger charge is -2.04. The molecule has 0 aliphatic heterocycles. The molecule has 0 bridgehead atoms. The molecule has 3 aromatic rings. The predicted octanol–water partition coefficient (Wildman–Crippen LogP) is 3.81. The summed E-state index contributed by atoms with van der Waals surface area (Å²) >= 11 is 5.26. The largest absolute Gasteiger partial charge is 0.496 e. The monoisotopic (exact) mass is 324 g/mol. The van der Waals surface area contributed by atoms with Crippen LogP contribution in [0, 0.1) is 11.7 Å². The molecule has 0 unspecified atom stereocenters. The zero-order valence-electron chi connectivity index (χ0n) is 12.9. The van der Waals surface area contributed by atoms with Crippen molar-refractivity contribution in [2.24, 2.45) is 5.10 Å². The van der Waals surface area contributed by atoms with Crippen LogP contribution in [-0.2, 0) is 0 Å². The van der Waals surface area contributed by atoms with E-state index in [0.29, 0.717) is 10.6 Å². The Labute approximate surface area is 139 Å². The van der Waals surface area contributed by atoms with Crippen LogP contribution in [0.25, 0.3) is 11.4 Å². The van der Waals surface area contributed by atoms with Crippen LogP contribution in [0.3, 0.4) is 0 Å². The fourth-order valence-electron chi connectivity index (χ4n) is 2.28. The summed E-state index contributed by atoms with van der Waals surface area (Å²) in [4.78, 5) is 0.